The number of nitrogens with zero attached hydrogens (tertiary/aromatic N) is 1. The van der Waals surface area contributed by atoms with Gasteiger partial charge >= 0.3 is 0 Å². The van der Waals surface area contributed by atoms with Gasteiger partial charge in [0.25, 0.3) is 0 Å². The molecule has 0 aliphatic rings. The molecular formula is C16H13F2NO2. The highest BCUT2D eigenvalue weighted by atomic mass is 19.1. The molecule has 1 unspecified atom stereocenters. The van der Waals surface area contributed by atoms with E-state index in [1.807, 2.05) is 0 Å². The number of rotatable bonds is 3. The fourth-order valence-electron chi connectivity index (χ4n) is 2.32. The van der Waals surface area contributed by atoms with Crippen LogP contribution in [0.1, 0.15) is 24.8 Å². The van der Waals surface area contributed by atoms with Crippen LogP contribution in [0.5, 0.6) is 0 Å². The topological polar surface area (TPSA) is 46.3 Å². The summed E-state index contributed by atoms with van der Waals surface area (Å²) < 4.78 is 31.8. The molecule has 0 amide bonds. The molecule has 1 N–H and O–H groups in total. The Morgan fingerprint density at radius 1 is 1.14 bits per heavy atom. The van der Waals surface area contributed by atoms with Crippen LogP contribution >= 0.6 is 0 Å². The Balaban J connectivity index is 2.14. The SMILES string of the molecule is CCC(O)(c1ccc(F)cn1)c1cc2cc(F)ccc2o1. The molecule has 0 saturated heterocycles. The number of hydrogen-bond acceptors (Lipinski definition) is 3. The van der Waals surface area contributed by atoms with E-state index in [1.165, 1.54) is 30.3 Å². The van der Waals surface area contributed by atoms with E-state index < -0.39 is 11.4 Å². The molecule has 2 heterocycles. The summed E-state index contributed by atoms with van der Waals surface area (Å²) in [6, 6.07) is 8.33. The van der Waals surface area contributed by atoms with Crippen molar-refractivity contribution in [1.29, 1.82) is 0 Å². The highest BCUT2D eigenvalue weighted by molar-refractivity contribution is 5.78. The number of pyridine rings is 1. The third kappa shape index (κ3) is 2.29. The number of fused-ring (bicyclic) bond motifs is 1. The van der Waals surface area contributed by atoms with Gasteiger partial charge in [-0.3, -0.25) is 4.98 Å². The van der Waals surface area contributed by atoms with Crippen LogP contribution in [0.25, 0.3) is 11.0 Å². The zero-order chi connectivity index (χ0) is 15.0. The molecule has 1 atom stereocenters. The molecule has 0 aliphatic heterocycles. The lowest BCUT2D eigenvalue weighted by atomic mass is 9.92. The van der Waals surface area contributed by atoms with Crippen LogP contribution in [0.15, 0.2) is 47.0 Å². The zero-order valence-electron chi connectivity index (χ0n) is 11.3. The van der Waals surface area contributed by atoms with Crippen LogP contribution in [0.4, 0.5) is 8.78 Å². The molecule has 21 heavy (non-hydrogen) atoms. The summed E-state index contributed by atoms with van der Waals surface area (Å²) >= 11 is 0. The first kappa shape index (κ1) is 13.7. The normalized spacial score (nSPS) is 14.3. The molecule has 0 saturated carbocycles. The Hall–Kier alpha value is -2.27. The summed E-state index contributed by atoms with van der Waals surface area (Å²) in [5, 5.41) is 11.4. The number of benzene rings is 1. The maximum absolute atomic E-state index is 13.2. The lowest BCUT2D eigenvalue weighted by Gasteiger charge is -2.23. The Morgan fingerprint density at radius 3 is 2.57 bits per heavy atom. The molecule has 0 aliphatic carbocycles. The Kier molecular flexibility index (Phi) is 3.22. The quantitative estimate of drug-likeness (QED) is 0.798. The van der Waals surface area contributed by atoms with Gasteiger partial charge in [-0.15, -0.1) is 0 Å². The molecule has 0 fully saturated rings. The first-order chi connectivity index (χ1) is 10.0. The minimum Gasteiger partial charge on any atom is -0.458 e. The summed E-state index contributed by atoms with van der Waals surface area (Å²) in [5.41, 5.74) is -0.727. The highest BCUT2D eigenvalue weighted by Crippen LogP contribution is 2.35. The van der Waals surface area contributed by atoms with Gasteiger partial charge in [-0.25, -0.2) is 8.78 Å². The van der Waals surface area contributed by atoms with E-state index >= 15 is 0 Å². The van der Waals surface area contributed by atoms with Crippen molar-refractivity contribution in [2.45, 2.75) is 18.9 Å². The Bertz CT molecular complexity index is 783. The summed E-state index contributed by atoms with van der Waals surface area (Å²) in [4.78, 5) is 3.93. The predicted octanol–water partition coefficient (Wildman–Crippen LogP) is 3.75. The van der Waals surface area contributed by atoms with Crippen LogP contribution in [0.2, 0.25) is 0 Å². The van der Waals surface area contributed by atoms with E-state index in [0.717, 1.165) is 6.20 Å². The summed E-state index contributed by atoms with van der Waals surface area (Å²) in [6.45, 7) is 1.76. The van der Waals surface area contributed by atoms with Crippen molar-refractivity contribution in [3.8, 4) is 0 Å². The van der Waals surface area contributed by atoms with Gasteiger partial charge in [0.15, 0.2) is 5.60 Å². The van der Waals surface area contributed by atoms with Crippen molar-refractivity contribution in [3.05, 3.63) is 65.7 Å². The zero-order valence-corrected chi connectivity index (χ0v) is 11.3. The first-order valence-corrected chi connectivity index (χ1v) is 6.57. The summed E-state index contributed by atoms with van der Waals surface area (Å²) in [5.74, 6) is -0.608. The van der Waals surface area contributed by atoms with E-state index in [2.05, 4.69) is 4.98 Å². The maximum Gasteiger partial charge on any atom is 0.163 e. The van der Waals surface area contributed by atoms with Gasteiger partial charge in [-0.05, 0) is 42.8 Å². The molecule has 2 aromatic heterocycles. The molecule has 1 aromatic carbocycles. The third-order valence-electron chi connectivity index (χ3n) is 3.55. The van der Waals surface area contributed by atoms with Crippen LogP contribution in [-0.2, 0) is 5.60 Å². The molecule has 0 radical (unpaired) electrons. The van der Waals surface area contributed by atoms with Gasteiger partial charge < -0.3 is 9.52 Å². The number of aromatic nitrogens is 1. The van der Waals surface area contributed by atoms with Gasteiger partial charge in [0, 0.05) is 5.39 Å². The van der Waals surface area contributed by atoms with Crippen molar-refractivity contribution < 1.29 is 18.3 Å². The van der Waals surface area contributed by atoms with Crippen LogP contribution in [0.3, 0.4) is 0 Å². The van der Waals surface area contributed by atoms with Crippen molar-refractivity contribution in [2.75, 3.05) is 0 Å². The molecule has 3 aromatic rings. The highest BCUT2D eigenvalue weighted by Gasteiger charge is 2.35. The van der Waals surface area contributed by atoms with Crippen molar-refractivity contribution in [1.82, 2.24) is 4.98 Å². The second kappa shape index (κ2) is 4.93. The minimum atomic E-state index is -1.48. The van der Waals surface area contributed by atoms with Crippen molar-refractivity contribution in [2.24, 2.45) is 0 Å². The van der Waals surface area contributed by atoms with Gasteiger partial charge in [-0.1, -0.05) is 6.92 Å². The first-order valence-electron chi connectivity index (χ1n) is 6.57. The molecular weight excluding hydrogens is 276 g/mol. The number of aliphatic hydroxyl groups is 1. The third-order valence-corrected chi connectivity index (χ3v) is 3.55. The molecule has 5 heteroatoms. The molecule has 108 valence electrons. The number of furan rings is 1. The molecule has 3 nitrogen and oxygen atoms in total. The molecule has 0 bridgehead atoms. The van der Waals surface area contributed by atoms with Crippen molar-refractivity contribution >= 4 is 11.0 Å². The molecule has 0 spiro atoms. The van der Waals surface area contributed by atoms with Gasteiger partial charge in [0.1, 0.15) is 23.0 Å². The van der Waals surface area contributed by atoms with Gasteiger partial charge in [-0.2, -0.15) is 0 Å². The van der Waals surface area contributed by atoms with E-state index in [4.69, 9.17) is 4.42 Å². The predicted molar refractivity (Wildman–Crippen MR) is 73.7 cm³/mol. The van der Waals surface area contributed by atoms with Crippen molar-refractivity contribution in [3.63, 3.8) is 0 Å². The van der Waals surface area contributed by atoms with Crippen LogP contribution in [0, 0.1) is 11.6 Å². The summed E-state index contributed by atoms with van der Waals surface area (Å²) in [6.07, 6.45) is 1.33. The average Bonchev–Trinajstić information content (AvgIpc) is 2.90. The smallest absolute Gasteiger partial charge is 0.163 e. The maximum atomic E-state index is 13.2. The molecule has 3 rings (SSSR count). The second-order valence-corrected chi connectivity index (χ2v) is 4.87. The van der Waals surface area contributed by atoms with E-state index in [9.17, 15) is 13.9 Å². The van der Waals surface area contributed by atoms with Crippen LogP contribution in [-0.4, -0.2) is 10.1 Å². The van der Waals surface area contributed by atoms with Gasteiger partial charge in [0.05, 0.1) is 11.9 Å². The second-order valence-electron chi connectivity index (χ2n) is 4.87. The fraction of sp³-hybridized carbons (Fsp3) is 0.188. The largest absolute Gasteiger partial charge is 0.458 e. The van der Waals surface area contributed by atoms with E-state index in [0.29, 0.717) is 11.0 Å². The monoisotopic (exact) mass is 289 g/mol. The minimum absolute atomic E-state index is 0.254. The summed E-state index contributed by atoms with van der Waals surface area (Å²) in [7, 11) is 0. The number of halogens is 2. The van der Waals surface area contributed by atoms with Gasteiger partial charge in [0.2, 0.25) is 0 Å². The van der Waals surface area contributed by atoms with E-state index in [-0.39, 0.29) is 23.7 Å². The standard InChI is InChI=1S/C16H13F2NO2/c1-2-16(20,14-6-4-12(18)9-19-14)15-8-10-7-11(17)3-5-13(10)21-15/h3-9,20H,2H2,1H3. The van der Waals surface area contributed by atoms with Crippen LogP contribution < -0.4 is 0 Å². The lowest BCUT2D eigenvalue weighted by Crippen LogP contribution is -2.27. The number of hydrogen-bond donors (Lipinski definition) is 1. The lowest BCUT2D eigenvalue weighted by molar-refractivity contribution is 0.0500. The fourth-order valence-corrected chi connectivity index (χ4v) is 2.32. The Morgan fingerprint density at radius 2 is 1.90 bits per heavy atom. The average molecular weight is 289 g/mol. The van der Waals surface area contributed by atoms with E-state index in [1.54, 1.807) is 13.0 Å². The Labute approximate surface area is 119 Å².